The standard InChI is InChI=1S/C13H16N4O2S/c1-2-5-19-10-6-8(3-4-9(10)14)20-13-16-11(15)7-12(18)17-13/h3-4,6-7H,2,5,14H2,1H3,(H3,15,16,17,18). The van der Waals surface area contributed by atoms with Crippen LogP contribution in [-0.2, 0) is 0 Å². The average Bonchev–Trinajstić information content (AvgIpc) is 2.38. The molecule has 0 saturated carbocycles. The van der Waals surface area contributed by atoms with Crippen LogP contribution in [-0.4, -0.2) is 16.6 Å². The number of nitrogens with zero attached hydrogens (tertiary/aromatic N) is 1. The predicted octanol–water partition coefficient (Wildman–Crippen LogP) is 1.87. The summed E-state index contributed by atoms with van der Waals surface area (Å²) in [6.07, 6.45) is 0.904. The van der Waals surface area contributed by atoms with Gasteiger partial charge in [-0.15, -0.1) is 0 Å². The molecule has 0 aliphatic heterocycles. The van der Waals surface area contributed by atoms with E-state index in [-0.39, 0.29) is 11.4 Å². The van der Waals surface area contributed by atoms with E-state index in [2.05, 4.69) is 9.97 Å². The molecule has 0 spiro atoms. The van der Waals surface area contributed by atoms with Gasteiger partial charge >= 0.3 is 0 Å². The van der Waals surface area contributed by atoms with Gasteiger partial charge in [0.15, 0.2) is 5.16 Å². The van der Waals surface area contributed by atoms with Crippen molar-refractivity contribution in [1.82, 2.24) is 9.97 Å². The second kappa shape index (κ2) is 6.33. The lowest BCUT2D eigenvalue weighted by molar-refractivity contribution is 0.318. The molecule has 5 N–H and O–H groups in total. The van der Waals surface area contributed by atoms with Crippen LogP contribution in [0.25, 0.3) is 0 Å². The Kier molecular flexibility index (Phi) is 4.52. The maximum Gasteiger partial charge on any atom is 0.253 e. The number of aromatic amines is 1. The lowest BCUT2D eigenvalue weighted by Crippen LogP contribution is -2.09. The molecule has 0 aliphatic carbocycles. The Bertz CT molecular complexity index is 657. The van der Waals surface area contributed by atoms with Gasteiger partial charge in [0.05, 0.1) is 12.3 Å². The first-order valence-corrected chi connectivity index (χ1v) is 6.97. The van der Waals surface area contributed by atoms with Crippen molar-refractivity contribution in [3.63, 3.8) is 0 Å². The maximum atomic E-state index is 11.3. The second-order valence-corrected chi connectivity index (χ2v) is 5.19. The van der Waals surface area contributed by atoms with Crippen LogP contribution in [0.15, 0.2) is 39.1 Å². The van der Waals surface area contributed by atoms with Gasteiger partial charge in [0.1, 0.15) is 11.6 Å². The van der Waals surface area contributed by atoms with Gasteiger partial charge in [-0.3, -0.25) is 4.79 Å². The zero-order chi connectivity index (χ0) is 14.5. The molecule has 0 bridgehead atoms. The number of hydrogen-bond donors (Lipinski definition) is 3. The number of ether oxygens (including phenoxy) is 1. The zero-order valence-corrected chi connectivity index (χ0v) is 11.9. The van der Waals surface area contributed by atoms with E-state index >= 15 is 0 Å². The number of aromatic nitrogens is 2. The molecule has 106 valence electrons. The van der Waals surface area contributed by atoms with Crippen LogP contribution in [0.4, 0.5) is 11.5 Å². The summed E-state index contributed by atoms with van der Waals surface area (Å²) in [5.74, 6) is 0.817. The van der Waals surface area contributed by atoms with Gasteiger partial charge in [-0.2, -0.15) is 0 Å². The summed E-state index contributed by atoms with van der Waals surface area (Å²) in [4.78, 5) is 18.9. The van der Waals surface area contributed by atoms with Crippen LogP contribution in [0.2, 0.25) is 0 Å². The fourth-order valence-corrected chi connectivity index (χ4v) is 2.36. The van der Waals surface area contributed by atoms with E-state index in [9.17, 15) is 4.79 Å². The number of rotatable bonds is 5. The average molecular weight is 292 g/mol. The molecular formula is C13H16N4O2S. The Hall–Kier alpha value is -2.15. The highest BCUT2D eigenvalue weighted by atomic mass is 32.2. The molecule has 0 amide bonds. The minimum atomic E-state index is -0.280. The van der Waals surface area contributed by atoms with Crippen LogP contribution in [0.1, 0.15) is 13.3 Å². The zero-order valence-electron chi connectivity index (χ0n) is 11.1. The van der Waals surface area contributed by atoms with Gasteiger partial charge in [0.2, 0.25) is 0 Å². The van der Waals surface area contributed by atoms with Crippen molar-refractivity contribution >= 4 is 23.3 Å². The Morgan fingerprint density at radius 2 is 2.15 bits per heavy atom. The summed E-state index contributed by atoms with van der Waals surface area (Å²) in [7, 11) is 0. The van der Waals surface area contributed by atoms with Gasteiger partial charge in [0.25, 0.3) is 5.56 Å². The first-order chi connectivity index (χ1) is 9.58. The summed E-state index contributed by atoms with van der Waals surface area (Å²) in [6, 6.07) is 6.65. The molecule has 0 saturated heterocycles. The lowest BCUT2D eigenvalue weighted by atomic mass is 10.3. The maximum absolute atomic E-state index is 11.3. The van der Waals surface area contributed by atoms with Crippen LogP contribution >= 0.6 is 11.8 Å². The van der Waals surface area contributed by atoms with Crippen LogP contribution in [0.3, 0.4) is 0 Å². The monoisotopic (exact) mass is 292 g/mol. The topological polar surface area (TPSA) is 107 Å². The molecule has 6 nitrogen and oxygen atoms in total. The molecule has 0 aliphatic rings. The van der Waals surface area contributed by atoms with Gasteiger partial charge in [-0.25, -0.2) is 4.98 Å². The Balaban J connectivity index is 2.22. The second-order valence-electron chi connectivity index (χ2n) is 4.13. The summed E-state index contributed by atoms with van der Waals surface area (Å²) in [5, 5.41) is 0.432. The van der Waals surface area contributed by atoms with E-state index in [1.54, 1.807) is 6.07 Å². The van der Waals surface area contributed by atoms with E-state index in [1.807, 2.05) is 19.1 Å². The summed E-state index contributed by atoms with van der Waals surface area (Å²) in [6.45, 7) is 2.63. The SMILES string of the molecule is CCCOc1cc(Sc2nc(N)cc(=O)[nH]2)ccc1N. The highest BCUT2D eigenvalue weighted by molar-refractivity contribution is 7.99. The third-order valence-corrected chi connectivity index (χ3v) is 3.28. The Labute approximate surface area is 120 Å². The Morgan fingerprint density at radius 1 is 1.35 bits per heavy atom. The predicted molar refractivity (Wildman–Crippen MR) is 80.0 cm³/mol. The van der Waals surface area contributed by atoms with Crippen LogP contribution in [0, 0.1) is 0 Å². The lowest BCUT2D eigenvalue weighted by Gasteiger charge is -2.09. The fourth-order valence-electron chi connectivity index (χ4n) is 1.53. The van der Waals surface area contributed by atoms with Crippen molar-refractivity contribution < 1.29 is 4.74 Å². The fraction of sp³-hybridized carbons (Fsp3) is 0.231. The number of benzene rings is 1. The molecule has 0 fully saturated rings. The minimum absolute atomic E-state index is 0.189. The molecule has 0 radical (unpaired) electrons. The van der Waals surface area contributed by atoms with Crippen molar-refractivity contribution in [2.75, 3.05) is 18.1 Å². The third kappa shape index (κ3) is 3.67. The summed E-state index contributed by atoms with van der Waals surface area (Å²) < 4.78 is 5.56. The molecule has 7 heteroatoms. The van der Waals surface area contributed by atoms with E-state index in [1.165, 1.54) is 17.8 Å². The minimum Gasteiger partial charge on any atom is -0.491 e. The normalized spacial score (nSPS) is 10.4. The largest absolute Gasteiger partial charge is 0.491 e. The van der Waals surface area contributed by atoms with Crippen molar-refractivity contribution in [2.45, 2.75) is 23.4 Å². The van der Waals surface area contributed by atoms with Crippen molar-refractivity contribution in [3.8, 4) is 5.75 Å². The number of nitrogen functional groups attached to an aromatic ring is 2. The van der Waals surface area contributed by atoms with Crippen molar-refractivity contribution in [2.24, 2.45) is 0 Å². The van der Waals surface area contributed by atoms with Gasteiger partial charge < -0.3 is 21.2 Å². The van der Waals surface area contributed by atoms with E-state index in [0.717, 1.165) is 11.3 Å². The van der Waals surface area contributed by atoms with E-state index < -0.39 is 0 Å². The quantitative estimate of drug-likeness (QED) is 0.573. The first kappa shape index (κ1) is 14.3. The molecule has 0 atom stereocenters. The van der Waals surface area contributed by atoms with Gasteiger partial charge in [-0.1, -0.05) is 18.7 Å². The highest BCUT2D eigenvalue weighted by Crippen LogP contribution is 2.31. The van der Waals surface area contributed by atoms with Crippen molar-refractivity contribution in [1.29, 1.82) is 0 Å². The van der Waals surface area contributed by atoms with Crippen LogP contribution < -0.4 is 21.8 Å². The number of anilines is 2. The van der Waals surface area contributed by atoms with Crippen LogP contribution in [0.5, 0.6) is 5.75 Å². The molecule has 2 rings (SSSR count). The summed E-state index contributed by atoms with van der Waals surface area (Å²) >= 11 is 1.29. The number of nitrogens with two attached hydrogens (primary N) is 2. The molecule has 1 aromatic heterocycles. The van der Waals surface area contributed by atoms with Gasteiger partial charge in [0, 0.05) is 11.0 Å². The number of H-pyrrole nitrogens is 1. The molecule has 20 heavy (non-hydrogen) atoms. The number of nitrogens with one attached hydrogen (secondary N) is 1. The molecule has 0 unspecified atom stereocenters. The first-order valence-electron chi connectivity index (χ1n) is 6.15. The van der Waals surface area contributed by atoms with Gasteiger partial charge in [-0.05, 0) is 24.6 Å². The molecule has 1 heterocycles. The smallest absolute Gasteiger partial charge is 0.253 e. The number of hydrogen-bond acceptors (Lipinski definition) is 6. The molecule has 2 aromatic rings. The van der Waals surface area contributed by atoms with Crippen molar-refractivity contribution in [3.05, 3.63) is 34.6 Å². The highest BCUT2D eigenvalue weighted by Gasteiger charge is 2.06. The van der Waals surface area contributed by atoms with E-state index in [4.69, 9.17) is 16.2 Å². The van der Waals surface area contributed by atoms with E-state index in [0.29, 0.717) is 23.2 Å². The summed E-state index contributed by atoms with van der Waals surface area (Å²) in [5.41, 5.74) is 11.7. The third-order valence-electron chi connectivity index (χ3n) is 2.40. The molecular weight excluding hydrogens is 276 g/mol. The molecule has 1 aromatic carbocycles. The Morgan fingerprint density at radius 3 is 2.85 bits per heavy atom.